The number of nitrogens with one attached hydrogen (secondary N) is 2. The van der Waals surface area contributed by atoms with E-state index in [2.05, 4.69) is 22.9 Å². The maximum Gasteiger partial charge on any atom is 0.290 e. The number of hydrogen-bond donors (Lipinski definition) is 2. The lowest BCUT2D eigenvalue weighted by Crippen LogP contribution is -2.44. The summed E-state index contributed by atoms with van der Waals surface area (Å²) < 4.78 is 6.71. The molecule has 162 valence electrons. The second-order valence-electron chi connectivity index (χ2n) is 7.56. The molecule has 8 heteroatoms. The summed E-state index contributed by atoms with van der Waals surface area (Å²) >= 11 is 0. The largest absolute Gasteiger partial charge is 0.484 e. The van der Waals surface area contributed by atoms with Crippen molar-refractivity contribution in [1.82, 2.24) is 20.6 Å². The molecule has 0 saturated carbocycles. The second kappa shape index (κ2) is 9.88. The molecule has 0 aliphatic heterocycles. The second-order valence-corrected chi connectivity index (χ2v) is 7.56. The van der Waals surface area contributed by atoms with Crippen LogP contribution in [-0.2, 0) is 17.8 Å². The maximum absolute atomic E-state index is 12.7. The Morgan fingerprint density at radius 2 is 1.71 bits per heavy atom. The Bertz CT molecular complexity index is 1140. The molecule has 31 heavy (non-hydrogen) atoms. The number of nitrogens with zero attached hydrogens (tertiary/aromatic N) is 2. The van der Waals surface area contributed by atoms with Crippen LogP contribution in [0.3, 0.4) is 0 Å². The van der Waals surface area contributed by atoms with Gasteiger partial charge in [0.1, 0.15) is 5.75 Å². The molecule has 0 bridgehead atoms. The van der Waals surface area contributed by atoms with Crippen molar-refractivity contribution in [3.05, 3.63) is 70.1 Å². The van der Waals surface area contributed by atoms with E-state index < -0.39 is 11.8 Å². The summed E-state index contributed by atoms with van der Waals surface area (Å²) in [5.74, 6) is -0.403. The lowest BCUT2D eigenvalue weighted by atomic mass is 10.1. The molecule has 3 aromatic rings. The third-order valence-electron chi connectivity index (χ3n) is 4.64. The summed E-state index contributed by atoms with van der Waals surface area (Å²) in [4.78, 5) is 37.4. The van der Waals surface area contributed by atoms with Gasteiger partial charge < -0.3 is 4.74 Å². The Morgan fingerprint density at radius 3 is 2.35 bits per heavy atom. The number of aryl methyl sites for hydroxylation is 1. The Morgan fingerprint density at radius 1 is 1.03 bits per heavy atom. The van der Waals surface area contributed by atoms with Gasteiger partial charge in [0.15, 0.2) is 12.3 Å². The van der Waals surface area contributed by atoms with Gasteiger partial charge in [-0.2, -0.15) is 5.10 Å². The van der Waals surface area contributed by atoms with E-state index in [9.17, 15) is 14.4 Å². The molecule has 2 aromatic carbocycles. The molecule has 0 saturated heterocycles. The van der Waals surface area contributed by atoms with Crippen LogP contribution < -0.4 is 21.1 Å². The van der Waals surface area contributed by atoms with Crippen molar-refractivity contribution in [2.45, 2.75) is 33.7 Å². The lowest BCUT2D eigenvalue weighted by Gasteiger charge is -2.13. The average Bonchev–Trinajstić information content (AvgIpc) is 2.78. The Hall–Kier alpha value is -3.68. The van der Waals surface area contributed by atoms with Gasteiger partial charge in [-0.3, -0.25) is 25.2 Å². The Kier molecular flexibility index (Phi) is 7.02. The number of hydrogen-bond acceptors (Lipinski definition) is 5. The van der Waals surface area contributed by atoms with E-state index >= 15 is 0 Å². The van der Waals surface area contributed by atoms with Crippen LogP contribution in [0.15, 0.2) is 53.3 Å². The number of rotatable bonds is 7. The number of benzene rings is 2. The van der Waals surface area contributed by atoms with E-state index in [1.807, 2.05) is 26.0 Å². The zero-order valence-electron chi connectivity index (χ0n) is 17.8. The lowest BCUT2D eigenvalue weighted by molar-refractivity contribution is -0.123. The number of carbonyl (C=O) groups excluding carboxylic acids is 2. The first-order valence-electron chi connectivity index (χ1n) is 10.2. The van der Waals surface area contributed by atoms with E-state index in [1.165, 1.54) is 10.2 Å². The van der Waals surface area contributed by atoms with Crippen LogP contribution in [0, 0.1) is 5.92 Å². The van der Waals surface area contributed by atoms with Gasteiger partial charge in [-0.15, -0.1) is 0 Å². The van der Waals surface area contributed by atoms with E-state index in [1.54, 1.807) is 36.4 Å². The third kappa shape index (κ3) is 5.48. The molecule has 0 unspecified atom stereocenters. The summed E-state index contributed by atoms with van der Waals surface area (Å²) in [7, 11) is 0. The zero-order valence-corrected chi connectivity index (χ0v) is 17.8. The minimum absolute atomic E-state index is 0.0622. The summed E-state index contributed by atoms with van der Waals surface area (Å²) in [5, 5.41) is 5.06. The van der Waals surface area contributed by atoms with E-state index in [0.29, 0.717) is 23.1 Å². The Labute approximate surface area is 180 Å². The van der Waals surface area contributed by atoms with Gasteiger partial charge in [-0.1, -0.05) is 51.1 Å². The summed E-state index contributed by atoms with van der Waals surface area (Å²) in [6.07, 6.45) is 0.917. The number of fused-ring (bicyclic) bond motifs is 1. The van der Waals surface area contributed by atoms with Crippen molar-refractivity contribution in [3.63, 3.8) is 0 Å². The van der Waals surface area contributed by atoms with Gasteiger partial charge >= 0.3 is 0 Å². The van der Waals surface area contributed by atoms with Crippen LogP contribution in [0.2, 0.25) is 0 Å². The van der Waals surface area contributed by atoms with Gasteiger partial charge in [0.2, 0.25) is 0 Å². The van der Waals surface area contributed by atoms with Gasteiger partial charge in [-0.05, 0) is 36.1 Å². The summed E-state index contributed by atoms with van der Waals surface area (Å²) in [5.41, 5.74) is 5.65. The first-order valence-corrected chi connectivity index (χ1v) is 10.2. The molecule has 3 rings (SSSR count). The Balaban J connectivity index is 1.68. The zero-order chi connectivity index (χ0) is 22.4. The smallest absolute Gasteiger partial charge is 0.290 e. The summed E-state index contributed by atoms with van der Waals surface area (Å²) in [6, 6.07) is 14.2. The van der Waals surface area contributed by atoms with Gasteiger partial charge in [-0.25, -0.2) is 4.68 Å². The fraction of sp³-hybridized carbons (Fsp3) is 0.304. The first kappa shape index (κ1) is 22.0. The highest BCUT2D eigenvalue weighted by Gasteiger charge is 2.17. The molecular weight excluding hydrogens is 396 g/mol. The minimum Gasteiger partial charge on any atom is -0.484 e. The molecule has 8 nitrogen and oxygen atoms in total. The molecule has 0 atom stereocenters. The molecule has 0 fully saturated rings. The number of amides is 2. The van der Waals surface area contributed by atoms with Crippen molar-refractivity contribution in [2.24, 2.45) is 5.92 Å². The monoisotopic (exact) mass is 422 g/mol. The van der Waals surface area contributed by atoms with Crippen molar-refractivity contribution < 1.29 is 14.3 Å². The molecule has 1 heterocycles. The van der Waals surface area contributed by atoms with Crippen LogP contribution in [0.25, 0.3) is 10.8 Å². The van der Waals surface area contributed by atoms with Crippen molar-refractivity contribution in [1.29, 1.82) is 0 Å². The van der Waals surface area contributed by atoms with Crippen molar-refractivity contribution in [2.75, 3.05) is 6.61 Å². The predicted octanol–water partition coefficient (Wildman–Crippen LogP) is 2.45. The fourth-order valence-electron chi connectivity index (χ4n) is 3.06. The SMILES string of the molecule is CCc1ccc(OCC(=O)NNC(=O)c2nn(CC(C)C)c(=O)c3ccccc23)cc1. The number of hydrazine groups is 1. The quantitative estimate of drug-likeness (QED) is 0.570. The van der Waals surface area contributed by atoms with E-state index in [-0.39, 0.29) is 23.8 Å². The van der Waals surface area contributed by atoms with E-state index in [0.717, 1.165) is 6.42 Å². The molecule has 0 radical (unpaired) electrons. The third-order valence-corrected chi connectivity index (χ3v) is 4.64. The minimum atomic E-state index is -0.616. The predicted molar refractivity (Wildman–Crippen MR) is 118 cm³/mol. The van der Waals surface area contributed by atoms with Crippen LogP contribution in [-0.4, -0.2) is 28.2 Å². The highest BCUT2D eigenvalue weighted by Crippen LogP contribution is 2.14. The van der Waals surface area contributed by atoms with Gasteiger partial charge in [0.25, 0.3) is 17.4 Å². The normalized spacial score (nSPS) is 10.8. The number of aromatic nitrogens is 2. The van der Waals surface area contributed by atoms with E-state index in [4.69, 9.17) is 4.74 Å². The van der Waals surface area contributed by atoms with Crippen LogP contribution in [0.4, 0.5) is 0 Å². The maximum atomic E-state index is 12.7. The van der Waals surface area contributed by atoms with Crippen LogP contribution in [0.5, 0.6) is 5.75 Å². The fourth-order valence-corrected chi connectivity index (χ4v) is 3.06. The number of ether oxygens (including phenoxy) is 1. The van der Waals surface area contributed by atoms with Gasteiger partial charge in [0, 0.05) is 11.9 Å². The van der Waals surface area contributed by atoms with Gasteiger partial charge in [0.05, 0.1) is 5.39 Å². The average molecular weight is 422 g/mol. The standard InChI is InChI=1S/C23H26N4O4/c1-4-16-9-11-17(12-10-16)31-14-20(28)24-25-22(29)21-18-7-5-6-8-19(18)23(30)27(26-21)13-15(2)3/h5-12,15H,4,13-14H2,1-3H3,(H,24,28)(H,25,29). The molecule has 0 spiro atoms. The highest BCUT2D eigenvalue weighted by atomic mass is 16.5. The van der Waals surface area contributed by atoms with Crippen molar-refractivity contribution in [3.8, 4) is 5.75 Å². The molecule has 1 aromatic heterocycles. The number of carbonyl (C=O) groups is 2. The first-order chi connectivity index (χ1) is 14.9. The van der Waals surface area contributed by atoms with Crippen LogP contribution >= 0.6 is 0 Å². The van der Waals surface area contributed by atoms with Crippen LogP contribution in [0.1, 0.15) is 36.8 Å². The summed E-state index contributed by atoms with van der Waals surface area (Å²) in [6.45, 7) is 6.09. The molecular formula is C23H26N4O4. The molecule has 0 aliphatic carbocycles. The molecule has 0 aliphatic rings. The highest BCUT2D eigenvalue weighted by molar-refractivity contribution is 6.05. The molecule has 2 N–H and O–H groups in total. The molecule has 2 amide bonds. The van der Waals surface area contributed by atoms with Crippen molar-refractivity contribution >= 4 is 22.6 Å². The topological polar surface area (TPSA) is 102 Å².